The zero-order valence-corrected chi connectivity index (χ0v) is 12.5. The highest BCUT2D eigenvalue weighted by Gasteiger charge is 2.50. The zero-order chi connectivity index (χ0) is 17.3. The van der Waals surface area contributed by atoms with Crippen LogP contribution in [0.25, 0.3) is 0 Å². The molecule has 11 heteroatoms. The number of hydrogen-bond acceptors (Lipinski definition) is 11. The maximum absolute atomic E-state index is 9.99. The van der Waals surface area contributed by atoms with Crippen LogP contribution in [0.5, 0.6) is 0 Å². The van der Waals surface area contributed by atoms with Crippen LogP contribution in [0.4, 0.5) is 0 Å². The summed E-state index contributed by atoms with van der Waals surface area (Å²) in [7, 11) is 2.42. The lowest BCUT2D eigenvalue weighted by Gasteiger charge is -2.44. The molecule has 0 aromatic carbocycles. The fraction of sp³-hybridized carbons (Fsp3) is 1.00. The van der Waals surface area contributed by atoms with Gasteiger partial charge in [-0.25, -0.2) is 0 Å². The van der Waals surface area contributed by atoms with Gasteiger partial charge in [-0.15, -0.1) is 0 Å². The lowest BCUT2D eigenvalue weighted by Crippen LogP contribution is -2.63. The number of rotatable bonds is 4. The van der Waals surface area contributed by atoms with Gasteiger partial charge in [0, 0.05) is 14.2 Å². The van der Waals surface area contributed by atoms with Crippen molar-refractivity contribution in [2.24, 2.45) is 0 Å². The van der Waals surface area contributed by atoms with E-state index in [2.05, 4.69) is 0 Å². The third kappa shape index (κ3) is 3.65. The molecule has 2 aliphatic rings. The second-order valence-electron chi connectivity index (χ2n) is 5.29. The van der Waals surface area contributed by atoms with Crippen LogP contribution in [0.2, 0.25) is 0 Å². The SMILES string of the molecule is CO[C@@H]1O[C@H](O)[C@H](O[C@@H]2O[C@H](OC)[C@H](O)[C@H](O)[C@@H]2O)[C@@H](O)[C@@H]1O. The van der Waals surface area contributed by atoms with Gasteiger partial charge >= 0.3 is 0 Å². The van der Waals surface area contributed by atoms with Gasteiger partial charge in [0.25, 0.3) is 0 Å². The molecule has 2 aliphatic heterocycles. The molecule has 2 fully saturated rings. The summed E-state index contributed by atoms with van der Waals surface area (Å²) >= 11 is 0. The van der Waals surface area contributed by atoms with Gasteiger partial charge in [-0.3, -0.25) is 0 Å². The van der Waals surface area contributed by atoms with Crippen molar-refractivity contribution in [1.29, 1.82) is 0 Å². The minimum Gasteiger partial charge on any atom is -0.387 e. The highest BCUT2D eigenvalue weighted by atomic mass is 16.8. The van der Waals surface area contributed by atoms with Gasteiger partial charge in [0.15, 0.2) is 25.2 Å². The number of aliphatic hydroxyl groups is 6. The second-order valence-corrected chi connectivity index (χ2v) is 5.29. The predicted octanol–water partition coefficient (Wildman–Crippen LogP) is -4.17. The van der Waals surface area contributed by atoms with E-state index in [1.807, 2.05) is 0 Å². The number of ether oxygens (including phenoxy) is 5. The van der Waals surface area contributed by atoms with Gasteiger partial charge < -0.3 is 54.3 Å². The summed E-state index contributed by atoms with van der Waals surface area (Å²) in [6, 6.07) is 0. The molecule has 2 heterocycles. The third-order valence-electron chi connectivity index (χ3n) is 3.80. The molecule has 136 valence electrons. The van der Waals surface area contributed by atoms with E-state index in [0.29, 0.717) is 0 Å². The molecule has 23 heavy (non-hydrogen) atoms. The Bertz CT molecular complexity index is 380. The largest absolute Gasteiger partial charge is 0.387 e. The lowest BCUT2D eigenvalue weighted by atomic mass is 10.0. The Balaban J connectivity index is 2.08. The molecule has 6 N–H and O–H groups in total. The molecule has 0 amide bonds. The standard InChI is InChI=1S/C12H22O11/c1-19-10-7(17)4(14)8(9(18)22-10)21-12-6(16)3(13)5(15)11(20-2)23-12/h3-18H,1-2H3/t3-,4-,5+,6-,7-,8+,9-,10+,11-,12+/m0/s1. The number of hydrogen-bond donors (Lipinski definition) is 6. The average Bonchev–Trinajstić information content (AvgIpc) is 2.54. The van der Waals surface area contributed by atoms with Crippen molar-refractivity contribution in [2.45, 2.75) is 61.8 Å². The normalized spacial score (nSPS) is 51.7. The average molecular weight is 342 g/mol. The first kappa shape index (κ1) is 18.9. The summed E-state index contributed by atoms with van der Waals surface area (Å²) in [5, 5.41) is 58.9. The Kier molecular flexibility index (Phi) is 6.27. The maximum atomic E-state index is 9.99. The van der Waals surface area contributed by atoms with Gasteiger partial charge in [0.05, 0.1) is 0 Å². The topological polar surface area (TPSA) is 168 Å². The molecular weight excluding hydrogens is 320 g/mol. The van der Waals surface area contributed by atoms with Crippen LogP contribution < -0.4 is 0 Å². The molecule has 2 saturated heterocycles. The van der Waals surface area contributed by atoms with E-state index < -0.39 is 61.8 Å². The van der Waals surface area contributed by atoms with Crippen molar-refractivity contribution in [3.8, 4) is 0 Å². The van der Waals surface area contributed by atoms with E-state index in [9.17, 15) is 30.6 Å². The molecule has 0 saturated carbocycles. The Hall–Kier alpha value is -0.440. The summed E-state index contributed by atoms with van der Waals surface area (Å²) in [5.74, 6) is 0. The molecule has 0 unspecified atom stereocenters. The van der Waals surface area contributed by atoms with Crippen molar-refractivity contribution in [3.63, 3.8) is 0 Å². The lowest BCUT2D eigenvalue weighted by molar-refractivity contribution is -0.396. The van der Waals surface area contributed by atoms with Crippen LogP contribution in [-0.4, -0.2) is 107 Å². The van der Waals surface area contributed by atoms with Crippen LogP contribution >= 0.6 is 0 Å². The van der Waals surface area contributed by atoms with Crippen LogP contribution in [0.3, 0.4) is 0 Å². The Labute approximate surface area is 131 Å². The summed E-state index contributed by atoms with van der Waals surface area (Å²) in [5.41, 5.74) is 0. The quantitative estimate of drug-likeness (QED) is 0.293. The molecular formula is C12H22O11. The van der Waals surface area contributed by atoms with Crippen molar-refractivity contribution in [3.05, 3.63) is 0 Å². The molecule has 0 bridgehead atoms. The Morgan fingerprint density at radius 3 is 1.65 bits per heavy atom. The Morgan fingerprint density at radius 1 is 0.609 bits per heavy atom. The predicted molar refractivity (Wildman–Crippen MR) is 68.5 cm³/mol. The molecule has 0 aliphatic carbocycles. The summed E-state index contributed by atoms with van der Waals surface area (Å²) in [6.45, 7) is 0. The first-order valence-electron chi connectivity index (χ1n) is 6.92. The molecule has 0 spiro atoms. The zero-order valence-electron chi connectivity index (χ0n) is 12.5. The van der Waals surface area contributed by atoms with Gasteiger partial charge in [-0.05, 0) is 0 Å². The van der Waals surface area contributed by atoms with E-state index in [1.54, 1.807) is 0 Å². The first-order chi connectivity index (χ1) is 10.8. The molecule has 0 aromatic heterocycles. The van der Waals surface area contributed by atoms with E-state index in [1.165, 1.54) is 14.2 Å². The van der Waals surface area contributed by atoms with Gasteiger partial charge in [-0.1, -0.05) is 0 Å². The van der Waals surface area contributed by atoms with Crippen LogP contribution in [0.15, 0.2) is 0 Å². The minimum absolute atomic E-state index is 1.20. The summed E-state index contributed by atoms with van der Waals surface area (Å²) in [4.78, 5) is 0. The van der Waals surface area contributed by atoms with Crippen molar-refractivity contribution < 1.29 is 54.3 Å². The molecule has 0 radical (unpaired) electrons. The van der Waals surface area contributed by atoms with E-state index >= 15 is 0 Å². The minimum atomic E-state index is -1.70. The van der Waals surface area contributed by atoms with Crippen LogP contribution in [0.1, 0.15) is 0 Å². The Morgan fingerprint density at radius 2 is 1.09 bits per heavy atom. The van der Waals surface area contributed by atoms with Gasteiger partial charge in [0.1, 0.15) is 36.6 Å². The molecule has 2 rings (SSSR count). The van der Waals surface area contributed by atoms with Crippen molar-refractivity contribution in [2.75, 3.05) is 14.2 Å². The fourth-order valence-electron chi connectivity index (χ4n) is 2.44. The van der Waals surface area contributed by atoms with Crippen molar-refractivity contribution >= 4 is 0 Å². The highest BCUT2D eigenvalue weighted by molar-refractivity contribution is 4.90. The second kappa shape index (κ2) is 7.63. The van der Waals surface area contributed by atoms with E-state index in [-0.39, 0.29) is 0 Å². The van der Waals surface area contributed by atoms with Gasteiger partial charge in [-0.2, -0.15) is 0 Å². The van der Waals surface area contributed by atoms with Crippen LogP contribution in [-0.2, 0) is 23.7 Å². The molecule has 0 aromatic rings. The fourth-order valence-corrected chi connectivity index (χ4v) is 2.44. The third-order valence-corrected chi connectivity index (χ3v) is 3.80. The summed E-state index contributed by atoms with van der Waals surface area (Å²) < 4.78 is 24.8. The van der Waals surface area contributed by atoms with E-state index in [4.69, 9.17) is 23.7 Å². The molecule has 10 atom stereocenters. The monoisotopic (exact) mass is 342 g/mol. The number of methoxy groups -OCH3 is 2. The first-order valence-corrected chi connectivity index (χ1v) is 6.92. The van der Waals surface area contributed by atoms with E-state index in [0.717, 1.165) is 0 Å². The highest BCUT2D eigenvalue weighted by Crippen LogP contribution is 2.28. The summed E-state index contributed by atoms with van der Waals surface area (Å²) in [6.07, 6.45) is -15.3. The van der Waals surface area contributed by atoms with Gasteiger partial charge in [0.2, 0.25) is 0 Å². The number of aliphatic hydroxyl groups excluding tert-OH is 6. The van der Waals surface area contributed by atoms with Crippen molar-refractivity contribution in [1.82, 2.24) is 0 Å². The smallest absolute Gasteiger partial charge is 0.189 e. The molecule has 11 nitrogen and oxygen atoms in total. The maximum Gasteiger partial charge on any atom is 0.189 e. The van der Waals surface area contributed by atoms with Crippen LogP contribution in [0, 0.1) is 0 Å².